The number of hydrogen-bond donors (Lipinski definition) is 1. The number of carbonyl (C=O) groups excluding carboxylic acids is 1. The molecule has 3 rings (SSSR count). The minimum absolute atomic E-state index is 0.00599. The summed E-state index contributed by atoms with van der Waals surface area (Å²) in [7, 11) is 1.52. The molecular formula is C17H15ClN2O4. The molecule has 2 aromatic carbocycles. The van der Waals surface area contributed by atoms with Crippen molar-refractivity contribution in [2.75, 3.05) is 12.4 Å². The number of non-ortho nitro benzene ring substituents is 1. The smallest absolute Gasteiger partial charge is 0.269 e. The minimum Gasteiger partial charge on any atom is -0.495 e. The van der Waals surface area contributed by atoms with Crippen molar-refractivity contribution in [1.29, 1.82) is 0 Å². The van der Waals surface area contributed by atoms with Crippen LogP contribution in [0.1, 0.15) is 18.4 Å². The fourth-order valence-corrected chi connectivity index (χ4v) is 2.87. The minimum atomic E-state index is -0.650. The summed E-state index contributed by atoms with van der Waals surface area (Å²) in [6.07, 6.45) is 1.39. The lowest BCUT2D eigenvalue weighted by Crippen LogP contribution is -2.28. The Bertz CT molecular complexity index is 801. The first-order valence-corrected chi connectivity index (χ1v) is 7.74. The number of ether oxygens (including phenoxy) is 1. The normalized spacial score (nSPS) is 14.8. The van der Waals surface area contributed by atoms with Crippen molar-refractivity contribution in [1.82, 2.24) is 0 Å². The maximum Gasteiger partial charge on any atom is 0.269 e. The van der Waals surface area contributed by atoms with Gasteiger partial charge >= 0.3 is 0 Å². The fourth-order valence-electron chi connectivity index (χ4n) is 2.69. The number of methoxy groups -OCH3 is 1. The highest BCUT2D eigenvalue weighted by Crippen LogP contribution is 2.49. The SMILES string of the molecule is COc1ccc(Cl)cc1NC(=O)C1(c2ccc([N+](=O)[O-])cc2)CC1. The van der Waals surface area contributed by atoms with Crippen LogP contribution in [0, 0.1) is 10.1 Å². The summed E-state index contributed by atoms with van der Waals surface area (Å²) < 4.78 is 5.23. The molecule has 1 fully saturated rings. The number of nitrogens with one attached hydrogen (secondary N) is 1. The lowest BCUT2D eigenvalue weighted by Gasteiger charge is -2.17. The predicted molar refractivity (Wildman–Crippen MR) is 90.6 cm³/mol. The summed E-state index contributed by atoms with van der Waals surface area (Å²) in [6, 6.07) is 11.1. The molecule has 0 unspecified atom stereocenters. The highest BCUT2D eigenvalue weighted by molar-refractivity contribution is 6.31. The van der Waals surface area contributed by atoms with Gasteiger partial charge in [0.2, 0.25) is 5.91 Å². The van der Waals surface area contributed by atoms with E-state index in [2.05, 4.69) is 5.32 Å². The third-order valence-corrected chi connectivity index (χ3v) is 4.46. The lowest BCUT2D eigenvalue weighted by atomic mass is 9.94. The topological polar surface area (TPSA) is 81.5 Å². The van der Waals surface area contributed by atoms with Crippen LogP contribution in [0.25, 0.3) is 0 Å². The zero-order chi connectivity index (χ0) is 17.3. The van der Waals surface area contributed by atoms with Gasteiger partial charge in [-0.05, 0) is 36.6 Å². The van der Waals surface area contributed by atoms with Crippen LogP contribution < -0.4 is 10.1 Å². The first kappa shape index (κ1) is 16.3. The predicted octanol–water partition coefficient (Wildman–Crippen LogP) is 3.93. The molecule has 0 heterocycles. The van der Waals surface area contributed by atoms with E-state index in [9.17, 15) is 14.9 Å². The van der Waals surface area contributed by atoms with E-state index < -0.39 is 10.3 Å². The quantitative estimate of drug-likeness (QED) is 0.657. The van der Waals surface area contributed by atoms with Gasteiger partial charge in [-0.1, -0.05) is 23.7 Å². The molecule has 1 aliphatic carbocycles. The van der Waals surface area contributed by atoms with Crippen LogP contribution in [0.2, 0.25) is 5.02 Å². The molecule has 6 nitrogen and oxygen atoms in total. The Labute approximate surface area is 143 Å². The summed E-state index contributed by atoms with van der Waals surface area (Å²) >= 11 is 5.98. The second kappa shape index (κ2) is 6.13. The Balaban J connectivity index is 1.84. The molecule has 0 bridgehead atoms. The Morgan fingerprint density at radius 1 is 1.25 bits per heavy atom. The van der Waals surface area contributed by atoms with Crippen molar-refractivity contribution < 1.29 is 14.5 Å². The molecule has 7 heteroatoms. The Morgan fingerprint density at radius 3 is 2.46 bits per heavy atom. The van der Waals surface area contributed by atoms with E-state index in [4.69, 9.17) is 16.3 Å². The molecule has 1 aliphatic rings. The maximum atomic E-state index is 12.8. The third kappa shape index (κ3) is 2.92. The summed E-state index contributed by atoms with van der Waals surface area (Å²) in [5.74, 6) is 0.351. The molecule has 0 saturated heterocycles. The zero-order valence-corrected chi connectivity index (χ0v) is 13.7. The molecule has 124 valence electrons. The molecule has 0 spiro atoms. The van der Waals surface area contributed by atoms with Crippen molar-refractivity contribution >= 4 is 28.9 Å². The van der Waals surface area contributed by atoms with E-state index >= 15 is 0 Å². The van der Waals surface area contributed by atoms with Gasteiger partial charge in [0.25, 0.3) is 5.69 Å². The summed E-state index contributed by atoms with van der Waals surface area (Å²) in [6.45, 7) is 0. The van der Waals surface area contributed by atoms with Gasteiger partial charge in [-0.3, -0.25) is 14.9 Å². The standard InChI is InChI=1S/C17H15ClN2O4/c1-24-15-7-4-12(18)10-14(15)19-16(21)17(8-9-17)11-2-5-13(6-3-11)20(22)23/h2-7,10H,8-9H2,1H3,(H,19,21). The van der Waals surface area contributed by atoms with Gasteiger partial charge in [0, 0.05) is 17.2 Å². The molecule has 24 heavy (non-hydrogen) atoms. The molecule has 2 aromatic rings. The number of carbonyl (C=O) groups is 1. The highest BCUT2D eigenvalue weighted by Gasteiger charge is 2.51. The second-order valence-corrected chi connectivity index (χ2v) is 6.12. The number of anilines is 1. The highest BCUT2D eigenvalue weighted by atomic mass is 35.5. The number of halogens is 1. The number of hydrogen-bond acceptors (Lipinski definition) is 4. The van der Waals surface area contributed by atoms with Gasteiger partial charge in [0.15, 0.2) is 0 Å². The van der Waals surface area contributed by atoms with Gasteiger partial charge in [-0.25, -0.2) is 0 Å². The van der Waals surface area contributed by atoms with E-state index in [1.165, 1.54) is 19.2 Å². The van der Waals surface area contributed by atoms with Gasteiger partial charge < -0.3 is 10.1 Å². The van der Waals surface area contributed by atoms with E-state index in [-0.39, 0.29) is 11.6 Å². The summed E-state index contributed by atoms with van der Waals surface area (Å²) in [4.78, 5) is 23.0. The lowest BCUT2D eigenvalue weighted by molar-refractivity contribution is -0.384. The molecule has 1 N–H and O–H groups in total. The summed E-state index contributed by atoms with van der Waals surface area (Å²) in [5, 5.41) is 14.1. The van der Waals surface area contributed by atoms with Crippen LogP contribution in [-0.2, 0) is 10.2 Å². The number of amides is 1. The van der Waals surface area contributed by atoms with Crippen LogP contribution >= 0.6 is 11.6 Å². The Morgan fingerprint density at radius 2 is 1.92 bits per heavy atom. The monoisotopic (exact) mass is 346 g/mol. The fraction of sp³-hybridized carbons (Fsp3) is 0.235. The first-order chi connectivity index (χ1) is 11.5. The van der Waals surface area contributed by atoms with Crippen molar-refractivity contribution in [3.8, 4) is 5.75 Å². The van der Waals surface area contributed by atoms with Gasteiger partial charge in [0.05, 0.1) is 23.1 Å². The molecule has 0 radical (unpaired) electrons. The molecular weight excluding hydrogens is 332 g/mol. The molecule has 0 aromatic heterocycles. The molecule has 0 atom stereocenters. The number of nitro benzene ring substituents is 1. The summed E-state index contributed by atoms with van der Waals surface area (Å²) in [5.41, 5.74) is 0.629. The van der Waals surface area contributed by atoms with Crippen LogP contribution in [0.5, 0.6) is 5.75 Å². The van der Waals surface area contributed by atoms with Crippen molar-refractivity contribution in [3.05, 3.63) is 63.2 Å². The van der Waals surface area contributed by atoms with E-state index in [1.54, 1.807) is 30.3 Å². The van der Waals surface area contributed by atoms with Crippen molar-refractivity contribution in [2.24, 2.45) is 0 Å². The third-order valence-electron chi connectivity index (χ3n) is 4.23. The molecule has 0 aliphatic heterocycles. The largest absolute Gasteiger partial charge is 0.495 e. The number of rotatable bonds is 5. The Hall–Kier alpha value is -2.60. The van der Waals surface area contributed by atoms with E-state index in [0.717, 1.165) is 5.56 Å². The van der Waals surface area contributed by atoms with E-state index in [0.29, 0.717) is 29.3 Å². The average Bonchev–Trinajstić information content (AvgIpc) is 3.37. The zero-order valence-electron chi connectivity index (χ0n) is 12.9. The van der Waals surface area contributed by atoms with Crippen LogP contribution in [0.3, 0.4) is 0 Å². The molecule has 1 amide bonds. The molecule has 1 saturated carbocycles. The number of benzene rings is 2. The second-order valence-electron chi connectivity index (χ2n) is 5.68. The number of nitro groups is 1. The Kier molecular flexibility index (Phi) is 4.15. The van der Waals surface area contributed by atoms with Crippen LogP contribution in [0.15, 0.2) is 42.5 Å². The number of nitrogens with zero attached hydrogens (tertiary/aromatic N) is 1. The van der Waals surface area contributed by atoms with Crippen LogP contribution in [-0.4, -0.2) is 17.9 Å². The maximum absolute atomic E-state index is 12.8. The van der Waals surface area contributed by atoms with Crippen molar-refractivity contribution in [3.63, 3.8) is 0 Å². The average molecular weight is 347 g/mol. The van der Waals surface area contributed by atoms with Gasteiger partial charge in [-0.2, -0.15) is 0 Å². The van der Waals surface area contributed by atoms with Crippen molar-refractivity contribution in [2.45, 2.75) is 18.3 Å². The van der Waals surface area contributed by atoms with Gasteiger partial charge in [-0.15, -0.1) is 0 Å². The van der Waals surface area contributed by atoms with Gasteiger partial charge in [0.1, 0.15) is 5.75 Å². The van der Waals surface area contributed by atoms with Crippen LogP contribution in [0.4, 0.5) is 11.4 Å². The van der Waals surface area contributed by atoms with E-state index in [1.807, 2.05) is 0 Å². The first-order valence-electron chi connectivity index (χ1n) is 7.36.